The number of aromatic nitrogens is 3. The van der Waals surface area contributed by atoms with Gasteiger partial charge in [0.25, 0.3) is 11.3 Å². The molecule has 0 aliphatic rings. The van der Waals surface area contributed by atoms with Crippen molar-refractivity contribution in [3.8, 4) is 0 Å². The van der Waals surface area contributed by atoms with Gasteiger partial charge in [0, 0.05) is 6.07 Å². The number of nitrogens with zero attached hydrogens (tertiary/aromatic N) is 3. The number of halogens is 2. The van der Waals surface area contributed by atoms with Crippen LogP contribution in [0.2, 0.25) is 0 Å². The van der Waals surface area contributed by atoms with Gasteiger partial charge in [-0.2, -0.15) is 0 Å². The summed E-state index contributed by atoms with van der Waals surface area (Å²) in [5.74, 6) is -3.40. The van der Waals surface area contributed by atoms with Gasteiger partial charge in [0.2, 0.25) is 11.6 Å². The number of nitrogens with one attached hydrogen (secondary N) is 1. The van der Waals surface area contributed by atoms with Crippen molar-refractivity contribution in [2.24, 2.45) is 0 Å². The number of esters is 1. The average Bonchev–Trinajstić information content (AvgIpc) is 3.05. The fraction of sp³-hybridized carbons (Fsp3) is 0.188. The molecule has 2 aromatic heterocycles. The van der Waals surface area contributed by atoms with Crippen molar-refractivity contribution in [2.75, 3.05) is 11.9 Å². The zero-order valence-corrected chi connectivity index (χ0v) is 13.9. The Morgan fingerprint density at radius 3 is 2.81 bits per heavy atom. The van der Waals surface area contributed by atoms with Gasteiger partial charge in [0.05, 0.1) is 12.3 Å². The minimum Gasteiger partial charge on any atom is -0.461 e. The van der Waals surface area contributed by atoms with Crippen molar-refractivity contribution in [3.05, 3.63) is 52.2 Å². The molecule has 0 aliphatic heterocycles. The summed E-state index contributed by atoms with van der Waals surface area (Å²) in [5, 5.41) is 5.45. The SMILES string of the molecule is CCOC(=O)c1noc2ncn(CC(=O)Nc3ccc(F)cc3F)c(=O)c12. The molecule has 1 aromatic carbocycles. The molecule has 3 aromatic rings. The van der Waals surface area contributed by atoms with Crippen molar-refractivity contribution in [1.82, 2.24) is 14.7 Å². The number of anilines is 1. The van der Waals surface area contributed by atoms with E-state index in [2.05, 4.69) is 15.5 Å². The first-order chi connectivity index (χ1) is 12.9. The van der Waals surface area contributed by atoms with Crippen LogP contribution in [0.15, 0.2) is 33.8 Å². The third kappa shape index (κ3) is 3.66. The van der Waals surface area contributed by atoms with Crippen molar-refractivity contribution < 1.29 is 27.6 Å². The predicted octanol–water partition coefficient (Wildman–Crippen LogP) is 1.48. The molecule has 0 aliphatic carbocycles. The van der Waals surface area contributed by atoms with E-state index in [-0.39, 0.29) is 29.1 Å². The van der Waals surface area contributed by atoms with Gasteiger partial charge in [0.15, 0.2) is 0 Å². The van der Waals surface area contributed by atoms with Crippen LogP contribution in [0, 0.1) is 11.6 Å². The van der Waals surface area contributed by atoms with Crippen molar-refractivity contribution in [1.29, 1.82) is 0 Å². The topological polar surface area (TPSA) is 116 Å². The summed E-state index contributed by atoms with van der Waals surface area (Å²) < 4.78 is 37.0. The van der Waals surface area contributed by atoms with Gasteiger partial charge in [-0.1, -0.05) is 5.16 Å². The zero-order chi connectivity index (χ0) is 19.6. The van der Waals surface area contributed by atoms with Crippen LogP contribution in [0.4, 0.5) is 14.5 Å². The minimum atomic E-state index is -0.965. The molecule has 2 heterocycles. The van der Waals surface area contributed by atoms with Crippen LogP contribution in [0.1, 0.15) is 17.4 Å². The molecule has 0 saturated carbocycles. The maximum absolute atomic E-state index is 13.6. The van der Waals surface area contributed by atoms with Crippen molar-refractivity contribution in [3.63, 3.8) is 0 Å². The third-order valence-corrected chi connectivity index (χ3v) is 3.45. The number of carbonyl (C=O) groups is 2. The third-order valence-electron chi connectivity index (χ3n) is 3.45. The smallest absolute Gasteiger partial charge is 0.361 e. The highest BCUT2D eigenvalue weighted by atomic mass is 19.1. The van der Waals surface area contributed by atoms with E-state index in [9.17, 15) is 23.2 Å². The largest absolute Gasteiger partial charge is 0.461 e. The highest BCUT2D eigenvalue weighted by Crippen LogP contribution is 2.15. The molecular weight excluding hydrogens is 366 g/mol. The Morgan fingerprint density at radius 1 is 1.33 bits per heavy atom. The van der Waals surface area contributed by atoms with Gasteiger partial charge in [-0.25, -0.2) is 18.6 Å². The number of carbonyl (C=O) groups excluding carboxylic acids is 2. The highest BCUT2D eigenvalue weighted by Gasteiger charge is 2.23. The Morgan fingerprint density at radius 2 is 2.11 bits per heavy atom. The summed E-state index contributed by atoms with van der Waals surface area (Å²) in [4.78, 5) is 40.3. The lowest BCUT2D eigenvalue weighted by Gasteiger charge is -2.08. The van der Waals surface area contributed by atoms with Crippen LogP contribution in [0.5, 0.6) is 0 Å². The van der Waals surface area contributed by atoms with Crippen LogP contribution in [-0.4, -0.2) is 33.2 Å². The molecule has 1 amide bonds. The summed E-state index contributed by atoms with van der Waals surface area (Å²) in [6.07, 6.45) is 1.02. The number of ether oxygens (including phenoxy) is 1. The minimum absolute atomic E-state index is 0.0628. The fourth-order valence-electron chi connectivity index (χ4n) is 2.27. The second-order valence-electron chi connectivity index (χ2n) is 5.28. The lowest BCUT2D eigenvalue weighted by atomic mass is 10.3. The molecule has 0 saturated heterocycles. The molecule has 140 valence electrons. The van der Waals surface area contributed by atoms with Crippen LogP contribution in [-0.2, 0) is 16.1 Å². The molecule has 27 heavy (non-hydrogen) atoms. The van der Waals surface area contributed by atoms with E-state index in [1.165, 1.54) is 0 Å². The maximum Gasteiger partial charge on any atom is 0.361 e. The summed E-state index contributed by atoms with van der Waals surface area (Å²) in [5.41, 5.74) is -1.56. The van der Waals surface area contributed by atoms with Gasteiger partial charge in [-0.05, 0) is 19.1 Å². The molecule has 11 heteroatoms. The summed E-state index contributed by atoms with van der Waals surface area (Å²) >= 11 is 0. The highest BCUT2D eigenvalue weighted by molar-refractivity contribution is 5.99. The Hall–Kier alpha value is -3.63. The van der Waals surface area contributed by atoms with E-state index in [0.717, 1.165) is 23.0 Å². The number of rotatable bonds is 5. The van der Waals surface area contributed by atoms with Crippen LogP contribution < -0.4 is 10.9 Å². The van der Waals surface area contributed by atoms with Crippen LogP contribution >= 0.6 is 0 Å². The van der Waals surface area contributed by atoms with Crippen LogP contribution in [0.25, 0.3) is 11.1 Å². The molecule has 1 N–H and O–H groups in total. The summed E-state index contributed by atoms with van der Waals surface area (Å²) in [6.45, 7) is 1.11. The molecule has 9 nitrogen and oxygen atoms in total. The fourth-order valence-corrected chi connectivity index (χ4v) is 2.27. The average molecular weight is 378 g/mol. The quantitative estimate of drug-likeness (QED) is 0.669. The van der Waals surface area contributed by atoms with Crippen molar-refractivity contribution in [2.45, 2.75) is 13.5 Å². The number of fused-ring (bicyclic) bond motifs is 1. The first kappa shape index (κ1) is 18.2. The van der Waals surface area contributed by atoms with Gasteiger partial charge in [-0.3, -0.25) is 14.2 Å². The first-order valence-electron chi connectivity index (χ1n) is 7.67. The number of hydrogen-bond acceptors (Lipinski definition) is 7. The molecule has 0 bridgehead atoms. The van der Waals surface area contributed by atoms with E-state index in [0.29, 0.717) is 6.07 Å². The Labute approximate surface area is 149 Å². The lowest BCUT2D eigenvalue weighted by Crippen LogP contribution is -2.28. The molecule has 0 radical (unpaired) electrons. The van der Waals surface area contributed by atoms with Gasteiger partial charge in [0.1, 0.15) is 29.9 Å². The number of amides is 1. The molecule has 0 atom stereocenters. The molecule has 0 fully saturated rings. The van der Waals surface area contributed by atoms with E-state index in [4.69, 9.17) is 9.26 Å². The molecule has 0 unspecified atom stereocenters. The second-order valence-corrected chi connectivity index (χ2v) is 5.28. The normalized spacial score (nSPS) is 10.8. The molecule has 3 rings (SSSR count). The Bertz CT molecular complexity index is 1090. The first-order valence-corrected chi connectivity index (χ1v) is 7.67. The second kappa shape index (κ2) is 7.32. The maximum atomic E-state index is 13.6. The van der Waals surface area contributed by atoms with Crippen molar-refractivity contribution >= 4 is 28.7 Å². The van der Waals surface area contributed by atoms with Gasteiger partial charge >= 0.3 is 5.97 Å². The van der Waals surface area contributed by atoms with E-state index in [1.54, 1.807) is 6.92 Å². The lowest BCUT2D eigenvalue weighted by molar-refractivity contribution is -0.116. The van der Waals surface area contributed by atoms with E-state index >= 15 is 0 Å². The van der Waals surface area contributed by atoms with E-state index < -0.39 is 35.6 Å². The van der Waals surface area contributed by atoms with E-state index in [1.807, 2.05) is 0 Å². The standard InChI is InChI=1S/C16H12F2N4O5/c1-2-26-16(25)13-12-14(27-21-13)19-7-22(15(12)24)6-11(23)20-10-4-3-8(17)5-9(10)18/h3-5,7H,2,6H2,1H3,(H,20,23). The van der Waals surface area contributed by atoms with Crippen LogP contribution in [0.3, 0.4) is 0 Å². The number of hydrogen-bond donors (Lipinski definition) is 1. The Balaban J connectivity index is 1.87. The van der Waals surface area contributed by atoms with Gasteiger partial charge < -0.3 is 14.6 Å². The summed E-state index contributed by atoms with van der Waals surface area (Å²) in [6, 6.07) is 2.63. The monoisotopic (exact) mass is 378 g/mol. The zero-order valence-electron chi connectivity index (χ0n) is 13.9. The summed E-state index contributed by atoms with van der Waals surface area (Å²) in [7, 11) is 0. The number of benzene rings is 1. The predicted molar refractivity (Wildman–Crippen MR) is 87.0 cm³/mol. The molecule has 0 spiro atoms. The Kier molecular flexibility index (Phi) is 4.92. The molecular formula is C16H12F2N4O5. The van der Waals surface area contributed by atoms with Gasteiger partial charge in [-0.15, -0.1) is 0 Å².